The third kappa shape index (κ3) is 5.55. The van der Waals surface area contributed by atoms with Gasteiger partial charge in [-0.1, -0.05) is 42.5 Å². The first kappa shape index (κ1) is 20.8. The summed E-state index contributed by atoms with van der Waals surface area (Å²) in [6.45, 7) is 3.87. The molecular formula is C25H26N4O2. The van der Waals surface area contributed by atoms with Crippen molar-refractivity contribution in [2.24, 2.45) is 0 Å². The van der Waals surface area contributed by atoms with Gasteiger partial charge in [0.05, 0.1) is 6.54 Å². The molecule has 6 nitrogen and oxygen atoms in total. The number of hydrogen-bond donors (Lipinski definition) is 1. The molecule has 0 bridgehead atoms. The van der Waals surface area contributed by atoms with Gasteiger partial charge < -0.3 is 10.2 Å². The maximum Gasteiger partial charge on any atom is 0.251 e. The average molecular weight is 415 g/mol. The van der Waals surface area contributed by atoms with Crippen molar-refractivity contribution in [1.82, 2.24) is 20.1 Å². The van der Waals surface area contributed by atoms with Gasteiger partial charge in [-0.05, 0) is 41.0 Å². The van der Waals surface area contributed by atoms with E-state index in [0.717, 1.165) is 30.8 Å². The number of hydrogen-bond acceptors (Lipinski definition) is 4. The molecule has 1 aliphatic heterocycles. The van der Waals surface area contributed by atoms with E-state index in [0.29, 0.717) is 18.7 Å². The summed E-state index contributed by atoms with van der Waals surface area (Å²) in [6, 6.07) is 21.5. The lowest BCUT2D eigenvalue weighted by molar-refractivity contribution is -0.131. The fraction of sp³-hybridized carbons (Fsp3) is 0.240. The van der Waals surface area contributed by atoms with Crippen molar-refractivity contribution in [3.63, 3.8) is 0 Å². The highest BCUT2D eigenvalue weighted by Crippen LogP contribution is 2.19. The van der Waals surface area contributed by atoms with Crippen molar-refractivity contribution < 1.29 is 9.59 Å². The number of rotatable bonds is 6. The van der Waals surface area contributed by atoms with Gasteiger partial charge in [0.1, 0.15) is 0 Å². The number of piperazine rings is 1. The Kier molecular flexibility index (Phi) is 6.69. The molecule has 1 N–H and O–H groups in total. The SMILES string of the molecule is O=C(NCC(=O)N1CCN(Cc2ccncc2)CC1)c1ccc(-c2ccccc2)cc1. The topological polar surface area (TPSA) is 65.5 Å². The van der Waals surface area contributed by atoms with Gasteiger partial charge in [-0.15, -0.1) is 0 Å². The van der Waals surface area contributed by atoms with E-state index in [1.165, 1.54) is 5.56 Å². The van der Waals surface area contributed by atoms with Crippen LogP contribution in [-0.4, -0.2) is 59.3 Å². The van der Waals surface area contributed by atoms with E-state index in [1.807, 2.05) is 59.5 Å². The molecule has 1 aliphatic rings. The maximum absolute atomic E-state index is 12.5. The van der Waals surface area contributed by atoms with Crippen LogP contribution >= 0.6 is 0 Å². The Morgan fingerprint density at radius 1 is 0.806 bits per heavy atom. The summed E-state index contributed by atoms with van der Waals surface area (Å²) in [6.07, 6.45) is 3.60. The molecule has 0 atom stereocenters. The molecular weight excluding hydrogens is 388 g/mol. The number of amides is 2. The molecule has 1 saturated heterocycles. The summed E-state index contributed by atoms with van der Waals surface area (Å²) in [7, 11) is 0. The third-order valence-corrected chi connectivity index (χ3v) is 5.53. The van der Waals surface area contributed by atoms with E-state index < -0.39 is 0 Å². The van der Waals surface area contributed by atoms with Crippen LogP contribution in [0.1, 0.15) is 15.9 Å². The highest BCUT2D eigenvalue weighted by Gasteiger charge is 2.21. The predicted octanol–water partition coefficient (Wildman–Crippen LogP) is 2.82. The molecule has 0 spiro atoms. The van der Waals surface area contributed by atoms with Crippen LogP contribution in [0, 0.1) is 0 Å². The minimum absolute atomic E-state index is 0.0175. The molecule has 158 valence electrons. The number of aromatic nitrogens is 1. The lowest BCUT2D eigenvalue weighted by Crippen LogP contribution is -2.50. The standard InChI is InChI=1S/C25H26N4O2/c30-24(29-16-14-28(15-17-29)19-20-10-12-26-13-11-20)18-27-25(31)23-8-6-22(7-9-23)21-4-2-1-3-5-21/h1-13H,14-19H2,(H,27,31). The summed E-state index contributed by atoms with van der Waals surface area (Å²) in [4.78, 5) is 33.2. The number of carbonyl (C=O) groups excluding carboxylic acids is 2. The zero-order valence-electron chi connectivity index (χ0n) is 17.4. The Balaban J connectivity index is 1.23. The molecule has 1 fully saturated rings. The Morgan fingerprint density at radius 3 is 2.13 bits per heavy atom. The van der Waals surface area contributed by atoms with Crippen LogP contribution in [0.25, 0.3) is 11.1 Å². The fourth-order valence-corrected chi connectivity index (χ4v) is 3.72. The number of nitrogens with one attached hydrogen (secondary N) is 1. The van der Waals surface area contributed by atoms with Crippen molar-refractivity contribution in [2.45, 2.75) is 6.54 Å². The number of carbonyl (C=O) groups is 2. The third-order valence-electron chi connectivity index (χ3n) is 5.53. The molecule has 3 aromatic rings. The van der Waals surface area contributed by atoms with Crippen LogP contribution in [0.5, 0.6) is 0 Å². The molecule has 0 unspecified atom stereocenters. The van der Waals surface area contributed by atoms with E-state index in [2.05, 4.69) is 15.2 Å². The smallest absolute Gasteiger partial charge is 0.251 e. The monoisotopic (exact) mass is 414 g/mol. The maximum atomic E-state index is 12.5. The summed E-state index contributed by atoms with van der Waals surface area (Å²) in [5.41, 5.74) is 3.93. The zero-order valence-corrected chi connectivity index (χ0v) is 17.4. The largest absolute Gasteiger partial charge is 0.343 e. The molecule has 2 amide bonds. The number of nitrogens with zero attached hydrogens (tertiary/aromatic N) is 3. The second-order valence-corrected chi connectivity index (χ2v) is 7.64. The molecule has 0 saturated carbocycles. The van der Waals surface area contributed by atoms with Gasteiger partial charge in [0.15, 0.2) is 0 Å². The van der Waals surface area contributed by atoms with Crippen LogP contribution in [0.2, 0.25) is 0 Å². The van der Waals surface area contributed by atoms with Crippen molar-refractivity contribution in [3.8, 4) is 11.1 Å². The average Bonchev–Trinajstić information content (AvgIpc) is 2.84. The molecule has 31 heavy (non-hydrogen) atoms. The normalized spacial score (nSPS) is 14.3. The van der Waals surface area contributed by atoms with Crippen LogP contribution < -0.4 is 5.32 Å². The second-order valence-electron chi connectivity index (χ2n) is 7.64. The van der Waals surface area contributed by atoms with Crippen LogP contribution in [0.4, 0.5) is 0 Å². The molecule has 2 heterocycles. The van der Waals surface area contributed by atoms with Gasteiger partial charge in [-0.3, -0.25) is 19.5 Å². The Labute approximate surface area is 182 Å². The Morgan fingerprint density at radius 2 is 1.45 bits per heavy atom. The number of pyridine rings is 1. The van der Waals surface area contributed by atoms with E-state index in [-0.39, 0.29) is 18.4 Å². The van der Waals surface area contributed by atoms with E-state index in [1.54, 1.807) is 24.5 Å². The summed E-state index contributed by atoms with van der Waals surface area (Å²) in [5, 5.41) is 2.76. The summed E-state index contributed by atoms with van der Waals surface area (Å²) < 4.78 is 0. The molecule has 0 radical (unpaired) electrons. The van der Waals surface area contributed by atoms with Crippen molar-refractivity contribution in [1.29, 1.82) is 0 Å². The Bertz CT molecular complexity index is 999. The number of benzene rings is 2. The highest BCUT2D eigenvalue weighted by atomic mass is 16.2. The minimum atomic E-state index is -0.232. The molecule has 6 heteroatoms. The fourth-order valence-electron chi connectivity index (χ4n) is 3.72. The van der Waals surface area contributed by atoms with Gasteiger partial charge in [-0.25, -0.2) is 0 Å². The summed E-state index contributed by atoms with van der Waals surface area (Å²) >= 11 is 0. The van der Waals surface area contributed by atoms with Gasteiger partial charge in [0.25, 0.3) is 5.91 Å². The first-order valence-electron chi connectivity index (χ1n) is 10.5. The first-order valence-corrected chi connectivity index (χ1v) is 10.5. The van der Waals surface area contributed by atoms with Crippen molar-refractivity contribution in [2.75, 3.05) is 32.7 Å². The van der Waals surface area contributed by atoms with Gasteiger partial charge in [0, 0.05) is 50.7 Å². The van der Waals surface area contributed by atoms with Crippen LogP contribution in [0.3, 0.4) is 0 Å². The molecule has 1 aromatic heterocycles. The lowest BCUT2D eigenvalue weighted by atomic mass is 10.0. The van der Waals surface area contributed by atoms with Crippen LogP contribution in [-0.2, 0) is 11.3 Å². The minimum Gasteiger partial charge on any atom is -0.343 e. The van der Waals surface area contributed by atoms with E-state index in [4.69, 9.17) is 0 Å². The van der Waals surface area contributed by atoms with E-state index in [9.17, 15) is 9.59 Å². The molecule has 4 rings (SSSR count). The Hall–Kier alpha value is -3.51. The highest BCUT2D eigenvalue weighted by molar-refractivity contribution is 5.96. The quantitative estimate of drug-likeness (QED) is 0.674. The summed E-state index contributed by atoms with van der Waals surface area (Å²) in [5.74, 6) is -0.276. The van der Waals surface area contributed by atoms with Crippen molar-refractivity contribution in [3.05, 3.63) is 90.3 Å². The molecule has 0 aliphatic carbocycles. The van der Waals surface area contributed by atoms with Gasteiger partial charge in [0.2, 0.25) is 5.91 Å². The van der Waals surface area contributed by atoms with E-state index >= 15 is 0 Å². The van der Waals surface area contributed by atoms with Gasteiger partial charge >= 0.3 is 0 Å². The van der Waals surface area contributed by atoms with Gasteiger partial charge in [-0.2, -0.15) is 0 Å². The first-order chi connectivity index (χ1) is 15.2. The van der Waals surface area contributed by atoms with Crippen molar-refractivity contribution >= 4 is 11.8 Å². The lowest BCUT2D eigenvalue weighted by Gasteiger charge is -2.34. The molecule has 2 aromatic carbocycles. The zero-order chi connectivity index (χ0) is 21.5. The van der Waals surface area contributed by atoms with Crippen LogP contribution in [0.15, 0.2) is 79.1 Å². The predicted molar refractivity (Wildman–Crippen MR) is 120 cm³/mol. The second kappa shape index (κ2) is 10.00.